The first-order chi connectivity index (χ1) is 12.8. The quantitative estimate of drug-likeness (QED) is 0.588. The second-order valence-corrected chi connectivity index (χ2v) is 5.43. The second-order valence-electron chi connectivity index (χ2n) is 5.03. The number of ether oxygens (including phenoxy) is 1. The molecule has 0 fully saturated rings. The molecule has 0 bridgehead atoms. The van der Waals surface area contributed by atoms with Gasteiger partial charge in [0.2, 0.25) is 5.95 Å². The van der Waals surface area contributed by atoms with E-state index in [2.05, 4.69) is 25.3 Å². The third-order valence-electron chi connectivity index (χ3n) is 2.84. The lowest BCUT2D eigenvalue weighted by Gasteiger charge is -2.14. The van der Waals surface area contributed by atoms with Crippen LogP contribution in [-0.4, -0.2) is 34.0 Å². The van der Waals surface area contributed by atoms with Crippen molar-refractivity contribution in [1.29, 1.82) is 0 Å². The highest BCUT2D eigenvalue weighted by Gasteiger charge is 2.34. The summed E-state index contributed by atoms with van der Waals surface area (Å²) in [7, 11) is 0. The van der Waals surface area contributed by atoms with E-state index in [4.69, 9.17) is 16.7 Å². The van der Waals surface area contributed by atoms with Gasteiger partial charge in [0.25, 0.3) is 0 Å². The number of alkyl halides is 6. The maximum Gasteiger partial charge on any atom is 0.573 e. The predicted molar refractivity (Wildman–Crippen MR) is 84.6 cm³/mol. The van der Waals surface area contributed by atoms with Crippen LogP contribution in [0.4, 0.5) is 43.8 Å². The van der Waals surface area contributed by atoms with Gasteiger partial charge in [0, 0.05) is 11.8 Å². The lowest BCUT2D eigenvalue weighted by molar-refractivity contribution is -0.274. The number of hydrogen-bond donors (Lipinski definition) is 3. The molecule has 0 radical (unpaired) electrons. The van der Waals surface area contributed by atoms with Gasteiger partial charge in [-0.15, -0.1) is 13.2 Å². The largest absolute Gasteiger partial charge is 0.573 e. The zero-order valence-electron chi connectivity index (χ0n) is 13.3. The van der Waals surface area contributed by atoms with Crippen molar-refractivity contribution in [3.63, 3.8) is 0 Å². The van der Waals surface area contributed by atoms with E-state index < -0.39 is 53.3 Å². The molecular formula is C14H9ClF6N4O3. The standard InChI is InChI=1S/C14H9ClF6N4O3/c15-7-3-6(1-2-8(7)28-14(19,20)21)23-10-4-9(13(16,17)18)24-12(25-10)22-5-11(26)27/h1-4H,5H2,(H,26,27)(H2,22,23,24,25). The van der Waals surface area contributed by atoms with E-state index in [0.717, 1.165) is 18.2 Å². The minimum absolute atomic E-state index is 0.00414. The molecule has 14 heteroatoms. The van der Waals surface area contributed by atoms with Crippen LogP contribution in [0.25, 0.3) is 0 Å². The summed E-state index contributed by atoms with van der Waals surface area (Å²) in [4.78, 5) is 17.4. The fourth-order valence-electron chi connectivity index (χ4n) is 1.82. The van der Waals surface area contributed by atoms with Crippen molar-refractivity contribution in [2.45, 2.75) is 12.5 Å². The third-order valence-corrected chi connectivity index (χ3v) is 3.14. The van der Waals surface area contributed by atoms with Gasteiger partial charge in [0.1, 0.15) is 18.1 Å². The fourth-order valence-corrected chi connectivity index (χ4v) is 2.04. The molecule has 1 aromatic heterocycles. The number of carbonyl (C=O) groups is 1. The van der Waals surface area contributed by atoms with Gasteiger partial charge < -0.3 is 20.5 Å². The predicted octanol–water partition coefficient (Wildman–Crippen LogP) is 4.29. The maximum atomic E-state index is 13.0. The number of rotatable bonds is 6. The number of anilines is 3. The number of carboxylic acid groups (broad SMARTS) is 1. The van der Waals surface area contributed by atoms with E-state index in [9.17, 15) is 31.1 Å². The third kappa shape index (κ3) is 6.33. The number of hydrogen-bond acceptors (Lipinski definition) is 6. The first-order valence-electron chi connectivity index (χ1n) is 7.08. The van der Waals surface area contributed by atoms with Gasteiger partial charge >= 0.3 is 18.5 Å². The van der Waals surface area contributed by atoms with Crippen LogP contribution in [0.1, 0.15) is 5.69 Å². The monoisotopic (exact) mass is 430 g/mol. The molecule has 0 saturated carbocycles. The van der Waals surface area contributed by atoms with E-state index in [1.165, 1.54) is 0 Å². The van der Waals surface area contributed by atoms with Crippen molar-refractivity contribution in [2.75, 3.05) is 17.2 Å². The van der Waals surface area contributed by atoms with Crippen molar-refractivity contribution < 1.29 is 41.0 Å². The molecule has 0 amide bonds. The topological polar surface area (TPSA) is 96.4 Å². The zero-order chi connectivity index (χ0) is 21.1. The van der Waals surface area contributed by atoms with Crippen molar-refractivity contribution in [2.24, 2.45) is 0 Å². The van der Waals surface area contributed by atoms with Gasteiger partial charge in [0.15, 0.2) is 5.69 Å². The summed E-state index contributed by atoms with van der Waals surface area (Å²) < 4.78 is 79.2. The van der Waals surface area contributed by atoms with Crippen LogP contribution in [0.2, 0.25) is 5.02 Å². The van der Waals surface area contributed by atoms with Gasteiger partial charge in [-0.1, -0.05) is 11.6 Å². The minimum Gasteiger partial charge on any atom is -0.480 e. The summed E-state index contributed by atoms with van der Waals surface area (Å²) in [5.74, 6) is -3.09. The van der Waals surface area contributed by atoms with Crippen LogP contribution in [0, 0.1) is 0 Å². The Bertz CT molecular complexity index is 875. The van der Waals surface area contributed by atoms with Crippen LogP contribution >= 0.6 is 11.6 Å². The summed E-state index contributed by atoms with van der Waals surface area (Å²) in [6.45, 7) is -0.740. The Morgan fingerprint density at radius 3 is 2.36 bits per heavy atom. The Kier molecular flexibility index (Phi) is 6.07. The molecule has 0 spiro atoms. The highest BCUT2D eigenvalue weighted by Crippen LogP contribution is 2.34. The summed E-state index contributed by atoms with van der Waals surface area (Å²) in [6, 6.07) is 3.42. The molecular weight excluding hydrogens is 422 g/mol. The lowest BCUT2D eigenvalue weighted by Crippen LogP contribution is -2.18. The van der Waals surface area contributed by atoms with Crippen LogP contribution < -0.4 is 15.4 Å². The lowest BCUT2D eigenvalue weighted by atomic mass is 10.3. The Labute approximate surface area is 157 Å². The maximum absolute atomic E-state index is 13.0. The van der Waals surface area contributed by atoms with Gasteiger partial charge in [-0.05, 0) is 18.2 Å². The van der Waals surface area contributed by atoms with Crippen molar-refractivity contribution in [3.05, 3.63) is 35.0 Å². The zero-order valence-corrected chi connectivity index (χ0v) is 14.1. The average molecular weight is 431 g/mol. The van der Waals surface area contributed by atoms with E-state index in [-0.39, 0.29) is 5.69 Å². The number of nitrogens with one attached hydrogen (secondary N) is 2. The number of nitrogens with zero attached hydrogens (tertiary/aromatic N) is 2. The summed E-state index contributed by atoms with van der Waals surface area (Å²) >= 11 is 5.67. The highest BCUT2D eigenvalue weighted by atomic mass is 35.5. The Morgan fingerprint density at radius 1 is 1.14 bits per heavy atom. The molecule has 1 aromatic carbocycles. The van der Waals surface area contributed by atoms with Gasteiger partial charge in [-0.3, -0.25) is 4.79 Å². The van der Waals surface area contributed by atoms with Crippen LogP contribution in [0.3, 0.4) is 0 Å². The van der Waals surface area contributed by atoms with Gasteiger partial charge in [-0.25, -0.2) is 4.98 Å². The van der Waals surface area contributed by atoms with E-state index >= 15 is 0 Å². The molecule has 2 rings (SSSR count). The SMILES string of the molecule is O=C(O)CNc1nc(Nc2ccc(OC(F)(F)F)c(Cl)c2)cc(C(F)(F)F)n1. The van der Waals surface area contributed by atoms with Crippen LogP contribution in [0.5, 0.6) is 5.75 Å². The molecule has 2 aromatic rings. The summed E-state index contributed by atoms with van der Waals surface area (Å²) in [5.41, 5.74) is -1.38. The van der Waals surface area contributed by atoms with E-state index in [1.807, 2.05) is 0 Å². The number of halogens is 7. The second kappa shape index (κ2) is 7.96. The molecule has 0 saturated heterocycles. The molecule has 0 aliphatic rings. The molecule has 3 N–H and O–H groups in total. The Morgan fingerprint density at radius 2 is 1.82 bits per heavy atom. The normalized spacial score (nSPS) is 11.8. The molecule has 0 unspecified atom stereocenters. The molecule has 0 aliphatic carbocycles. The van der Waals surface area contributed by atoms with Crippen LogP contribution in [0.15, 0.2) is 24.3 Å². The van der Waals surface area contributed by atoms with Gasteiger partial charge in [0.05, 0.1) is 5.02 Å². The molecule has 0 atom stereocenters. The smallest absolute Gasteiger partial charge is 0.480 e. The number of benzene rings is 1. The van der Waals surface area contributed by atoms with E-state index in [0.29, 0.717) is 6.07 Å². The summed E-state index contributed by atoms with van der Waals surface area (Å²) in [6.07, 6.45) is -9.83. The van der Waals surface area contributed by atoms with Crippen molar-refractivity contribution in [1.82, 2.24) is 9.97 Å². The van der Waals surface area contributed by atoms with Gasteiger partial charge in [-0.2, -0.15) is 18.2 Å². The number of aromatic nitrogens is 2. The molecule has 28 heavy (non-hydrogen) atoms. The first kappa shape index (κ1) is 21.3. The molecule has 152 valence electrons. The fraction of sp³-hybridized carbons (Fsp3) is 0.214. The Hall–Kier alpha value is -2.96. The molecule has 1 heterocycles. The molecule has 0 aliphatic heterocycles. The first-order valence-corrected chi connectivity index (χ1v) is 7.45. The average Bonchev–Trinajstić information content (AvgIpc) is 2.53. The molecule has 7 nitrogen and oxygen atoms in total. The van der Waals surface area contributed by atoms with Crippen molar-refractivity contribution in [3.8, 4) is 5.75 Å². The van der Waals surface area contributed by atoms with Crippen LogP contribution in [-0.2, 0) is 11.0 Å². The summed E-state index contributed by atoms with van der Waals surface area (Å²) in [5, 5.41) is 12.6. The highest BCUT2D eigenvalue weighted by molar-refractivity contribution is 6.32. The minimum atomic E-state index is -4.97. The van der Waals surface area contributed by atoms with E-state index in [1.54, 1.807) is 0 Å². The number of carboxylic acids is 1. The Balaban J connectivity index is 2.30. The van der Waals surface area contributed by atoms with Crippen molar-refractivity contribution >= 4 is 35.0 Å². The number of aliphatic carboxylic acids is 1.